The lowest BCUT2D eigenvalue weighted by atomic mass is 9.84. The highest BCUT2D eigenvalue weighted by molar-refractivity contribution is 5.42. The highest BCUT2D eigenvalue weighted by Crippen LogP contribution is 2.27. The van der Waals surface area contributed by atoms with Gasteiger partial charge in [-0.05, 0) is 74.2 Å². The molecule has 1 aromatic rings. The number of nitrogens with two attached hydrogens (primary N) is 1. The zero-order valence-electron chi connectivity index (χ0n) is 9.68. The van der Waals surface area contributed by atoms with Crippen LogP contribution in [0.1, 0.15) is 41.5 Å². The lowest BCUT2D eigenvalue weighted by molar-refractivity contribution is 0.670. The molecule has 1 nitrogen and oxygen atoms in total. The summed E-state index contributed by atoms with van der Waals surface area (Å²) in [6.45, 7) is 3.06. The van der Waals surface area contributed by atoms with E-state index in [-0.39, 0.29) is 0 Å². The van der Waals surface area contributed by atoms with Crippen molar-refractivity contribution in [1.29, 1.82) is 0 Å². The Kier molecular flexibility index (Phi) is 3.42. The van der Waals surface area contributed by atoms with Gasteiger partial charge in [-0.15, -0.1) is 0 Å². The fourth-order valence-electron chi connectivity index (χ4n) is 2.65. The van der Waals surface area contributed by atoms with E-state index in [0.717, 1.165) is 13.0 Å². The first-order chi connectivity index (χ1) is 7.33. The van der Waals surface area contributed by atoms with Gasteiger partial charge in [0.1, 0.15) is 0 Å². The van der Waals surface area contributed by atoms with Crippen molar-refractivity contribution in [2.24, 2.45) is 5.73 Å². The Balaban J connectivity index is 2.30. The number of benzene rings is 1. The van der Waals surface area contributed by atoms with Crippen molar-refractivity contribution in [3.63, 3.8) is 0 Å². The van der Waals surface area contributed by atoms with Crippen LogP contribution in [0.2, 0.25) is 0 Å². The molecule has 1 aliphatic rings. The molecular weight excluding hydrogens is 182 g/mol. The maximum Gasteiger partial charge on any atom is -0.00741 e. The van der Waals surface area contributed by atoms with Crippen LogP contribution in [0.25, 0.3) is 0 Å². The predicted molar refractivity (Wildman–Crippen MR) is 65.2 cm³/mol. The van der Waals surface area contributed by atoms with Crippen LogP contribution in [0.4, 0.5) is 0 Å². The molecule has 0 radical (unpaired) electrons. The van der Waals surface area contributed by atoms with E-state index in [9.17, 15) is 0 Å². The quantitative estimate of drug-likeness (QED) is 0.803. The molecule has 2 rings (SSSR count). The van der Waals surface area contributed by atoms with Crippen LogP contribution in [0.5, 0.6) is 0 Å². The Morgan fingerprint density at radius 1 is 1.13 bits per heavy atom. The smallest absolute Gasteiger partial charge is 0.00741 e. The first-order valence-electron chi connectivity index (χ1n) is 6.13. The summed E-state index contributed by atoms with van der Waals surface area (Å²) in [5.74, 6) is 0. The summed E-state index contributed by atoms with van der Waals surface area (Å²) in [4.78, 5) is 0. The lowest BCUT2D eigenvalue weighted by Gasteiger charge is -2.21. The molecule has 0 saturated carbocycles. The van der Waals surface area contributed by atoms with Crippen molar-refractivity contribution in [3.8, 4) is 0 Å². The highest BCUT2D eigenvalue weighted by atomic mass is 14.5. The van der Waals surface area contributed by atoms with Gasteiger partial charge in [0.2, 0.25) is 0 Å². The lowest BCUT2D eigenvalue weighted by Crippen LogP contribution is -2.09. The van der Waals surface area contributed by atoms with Gasteiger partial charge in [0.25, 0.3) is 0 Å². The van der Waals surface area contributed by atoms with Gasteiger partial charge < -0.3 is 5.73 Å². The Morgan fingerprint density at radius 2 is 1.87 bits per heavy atom. The summed E-state index contributed by atoms with van der Waals surface area (Å²) in [5, 5.41) is 0. The van der Waals surface area contributed by atoms with Gasteiger partial charge >= 0.3 is 0 Å². The number of aryl methyl sites for hydroxylation is 2. The summed E-state index contributed by atoms with van der Waals surface area (Å²) >= 11 is 0. The minimum Gasteiger partial charge on any atom is -0.330 e. The van der Waals surface area contributed by atoms with E-state index < -0.39 is 0 Å². The molecule has 0 heterocycles. The monoisotopic (exact) mass is 203 g/mol. The van der Waals surface area contributed by atoms with E-state index in [2.05, 4.69) is 19.1 Å². The van der Waals surface area contributed by atoms with Crippen molar-refractivity contribution in [3.05, 3.63) is 34.4 Å². The zero-order valence-corrected chi connectivity index (χ0v) is 9.68. The second-order valence-corrected chi connectivity index (χ2v) is 4.60. The van der Waals surface area contributed by atoms with Crippen LogP contribution in [0, 0.1) is 6.92 Å². The summed E-state index contributed by atoms with van der Waals surface area (Å²) < 4.78 is 0. The molecule has 82 valence electrons. The van der Waals surface area contributed by atoms with Crippen LogP contribution in [-0.4, -0.2) is 6.54 Å². The largest absolute Gasteiger partial charge is 0.330 e. The average Bonchev–Trinajstić information content (AvgIpc) is 2.29. The topological polar surface area (TPSA) is 26.0 Å². The van der Waals surface area contributed by atoms with Crippen LogP contribution in [-0.2, 0) is 19.3 Å². The third-order valence-corrected chi connectivity index (χ3v) is 3.52. The van der Waals surface area contributed by atoms with E-state index in [4.69, 9.17) is 5.73 Å². The number of hydrogen-bond acceptors (Lipinski definition) is 1. The normalized spacial score (nSPS) is 15.1. The van der Waals surface area contributed by atoms with E-state index >= 15 is 0 Å². The summed E-state index contributed by atoms with van der Waals surface area (Å²) in [5.41, 5.74) is 11.9. The molecule has 0 bridgehead atoms. The third-order valence-electron chi connectivity index (χ3n) is 3.52. The molecule has 15 heavy (non-hydrogen) atoms. The van der Waals surface area contributed by atoms with Crippen LogP contribution >= 0.6 is 0 Å². The Labute approximate surface area is 92.7 Å². The Bertz CT molecular complexity index is 341. The molecule has 0 saturated heterocycles. The summed E-state index contributed by atoms with van der Waals surface area (Å²) in [6, 6.07) is 4.60. The van der Waals surface area contributed by atoms with Crippen molar-refractivity contribution in [2.45, 2.75) is 45.4 Å². The number of fused-ring (bicyclic) bond motifs is 1. The molecule has 0 fully saturated rings. The van der Waals surface area contributed by atoms with Crippen molar-refractivity contribution < 1.29 is 0 Å². The van der Waals surface area contributed by atoms with Gasteiger partial charge in [-0.2, -0.15) is 0 Å². The molecule has 0 amide bonds. The second-order valence-electron chi connectivity index (χ2n) is 4.60. The molecule has 2 N–H and O–H groups in total. The molecule has 0 aliphatic heterocycles. The average molecular weight is 203 g/mol. The first-order valence-corrected chi connectivity index (χ1v) is 6.13. The minimum absolute atomic E-state index is 0.808. The summed E-state index contributed by atoms with van der Waals surface area (Å²) in [7, 11) is 0. The SMILES string of the molecule is Cc1ccc(CCCN)c2c1CCCC2. The van der Waals surface area contributed by atoms with Crippen molar-refractivity contribution in [1.82, 2.24) is 0 Å². The van der Waals surface area contributed by atoms with E-state index in [0.29, 0.717) is 0 Å². The van der Waals surface area contributed by atoms with E-state index in [1.807, 2.05) is 0 Å². The van der Waals surface area contributed by atoms with E-state index in [1.165, 1.54) is 37.7 Å². The van der Waals surface area contributed by atoms with Crippen LogP contribution in [0.3, 0.4) is 0 Å². The second kappa shape index (κ2) is 4.80. The molecule has 0 spiro atoms. The highest BCUT2D eigenvalue weighted by Gasteiger charge is 2.14. The fourth-order valence-corrected chi connectivity index (χ4v) is 2.65. The van der Waals surface area contributed by atoms with Crippen LogP contribution < -0.4 is 5.73 Å². The maximum absolute atomic E-state index is 5.58. The predicted octanol–water partition coefficient (Wildman–Crippen LogP) is 2.77. The van der Waals surface area contributed by atoms with Crippen LogP contribution in [0.15, 0.2) is 12.1 Å². The first kappa shape index (κ1) is 10.7. The maximum atomic E-state index is 5.58. The number of rotatable bonds is 3. The van der Waals surface area contributed by atoms with Gasteiger partial charge in [-0.25, -0.2) is 0 Å². The molecule has 1 aromatic carbocycles. The molecule has 0 unspecified atom stereocenters. The molecule has 1 aliphatic carbocycles. The Hall–Kier alpha value is -0.820. The van der Waals surface area contributed by atoms with Crippen molar-refractivity contribution in [2.75, 3.05) is 6.54 Å². The molecule has 0 aromatic heterocycles. The molecule has 1 heteroatoms. The standard InChI is InChI=1S/C14H21N/c1-11-8-9-12(5-4-10-15)14-7-3-2-6-13(11)14/h8-9H,2-7,10,15H2,1H3. The third kappa shape index (κ3) is 2.23. The molecule has 0 atom stereocenters. The number of hydrogen-bond donors (Lipinski definition) is 1. The van der Waals surface area contributed by atoms with Gasteiger partial charge in [-0.3, -0.25) is 0 Å². The summed E-state index contributed by atoms with van der Waals surface area (Å²) in [6.07, 6.45) is 7.60. The van der Waals surface area contributed by atoms with E-state index in [1.54, 1.807) is 16.7 Å². The van der Waals surface area contributed by atoms with Gasteiger partial charge in [0, 0.05) is 0 Å². The fraction of sp³-hybridized carbons (Fsp3) is 0.571. The van der Waals surface area contributed by atoms with Gasteiger partial charge in [0.05, 0.1) is 0 Å². The molecular formula is C14H21N. The zero-order chi connectivity index (χ0) is 10.7. The van der Waals surface area contributed by atoms with Gasteiger partial charge in [-0.1, -0.05) is 12.1 Å². The van der Waals surface area contributed by atoms with Gasteiger partial charge in [0.15, 0.2) is 0 Å². The minimum atomic E-state index is 0.808. The van der Waals surface area contributed by atoms with Crippen molar-refractivity contribution >= 4 is 0 Å². The Morgan fingerprint density at radius 3 is 2.60 bits per heavy atom.